The van der Waals surface area contributed by atoms with Gasteiger partial charge < -0.3 is 10.5 Å². The minimum atomic E-state index is 0.615. The first kappa shape index (κ1) is 12.9. The van der Waals surface area contributed by atoms with Gasteiger partial charge in [0.05, 0.1) is 12.8 Å². The largest absolute Gasteiger partial charge is 0.495 e. The van der Waals surface area contributed by atoms with Crippen LogP contribution in [0.5, 0.6) is 5.75 Å². The predicted octanol–water partition coefficient (Wildman–Crippen LogP) is 2.92. The van der Waals surface area contributed by atoms with Crippen LogP contribution in [0.15, 0.2) is 18.2 Å². The quantitative estimate of drug-likeness (QED) is 0.851. The van der Waals surface area contributed by atoms with E-state index >= 15 is 0 Å². The zero-order valence-corrected chi connectivity index (χ0v) is 11.9. The van der Waals surface area contributed by atoms with Gasteiger partial charge in [-0.15, -0.1) is 0 Å². The molecule has 3 rings (SSSR count). The van der Waals surface area contributed by atoms with Gasteiger partial charge >= 0.3 is 0 Å². The van der Waals surface area contributed by atoms with Gasteiger partial charge in [-0.3, -0.25) is 0 Å². The van der Waals surface area contributed by atoms with Gasteiger partial charge in [-0.2, -0.15) is 0 Å². The number of nitrogens with two attached hydrogens (primary N) is 1. The summed E-state index contributed by atoms with van der Waals surface area (Å²) < 4.78 is 5.18. The fourth-order valence-electron chi connectivity index (χ4n) is 2.78. The van der Waals surface area contributed by atoms with Crippen molar-refractivity contribution < 1.29 is 4.74 Å². The zero-order valence-electron chi connectivity index (χ0n) is 11.9. The number of nitrogens with zero attached hydrogens (tertiary/aromatic N) is 2. The van der Waals surface area contributed by atoms with E-state index in [0.29, 0.717) is 11.4 Å². The predicted molar refractivity (Wildman–Crippen MR) is 79.8 cm³/mol. The molecule has 2 N–H and O–H groups in total. The van der Waals surface area contributed by atoms with Gasteiger partial charge in [0.15, 0.2) is 5.82 Å². The second-order valence-electron chi connectivity index (χ2n) is 5.22. The topological polar surface area (TPSA) is 61.0 Å². The molecular weight excluding hydrogens is 250 g/mol. The molecule has 0 saturated carbocycles. The van der Waals surface area contributed by atoms with Crippen LogP contribution in [-0.2, 0) is 12.8 Å². The Bertz CT molecular complexity index is 652. The third-order valence-corrected chi connectivity index (χ3v) is 3.88. The molecule has 0 radical (unpaired) electrons. The molecule has 1 heterocycles. The molecule has 0 saturated heterocycles. The van der Waals surface area contributed by atoms with E-state index in [-0.39, 0.29) is 0 Å². The zero-order chi connectivity index (χ0) is 14.1. The normalized spacial score (nSPS) is 13.9. The Morgan fingerprint density at radius 2 is 1.95 bits per heavy atom. The molecule has 0 unspecified atom stereocenters. The Balaban J connectivity index is 2.06. The van der Waals surface area contributed by atoms with Crippen LogP contribution in [-0.4, -0.2) is 17.1 Å². The second-order valence-corrected chi connectivity index (χ2v) is 5.22. The van der Waals surface area contributed by atoms with Crippen LogP contribution in [0.1, 0.15) is 29.8 Å². The molecular formula is C16H19N3O. The molecule has 20 heavy (non-hydrogen) atoms. The van der Waals surface area contributed by atoms with E-state index in [2.05, 4.69) is 11.9 Å². The number of fused-ring (bicyclic) bond motifs is 1. The summed E-state index contributed by atoms with van der Waals surface area (Å²) in [5.74, 6) is 1.45. The third-order valence-electron chi connectivity index (χ3n) is 3.88. The molecule has 4 nitrogen and oxygen atoms in total. The number of hydrogen-bond acceptors (Lipinski definition) is 4. The molecule has 4 heteroatoms. The summed E-state index contributed by atoms with van der Waals surface area (Å²) in [6.45, 7) is 2.07. The van der Waals surface area contributed by atoms with Crippen LogP contribution in [0.25, 0.3) is 11.4 Å². The summed E-state index contributed by atoms with van der Waals surface area (Å²) in [6, 6.07) is 5.70. The molecule has 1 aliphatic rings. The van der Waals surface area contributed by atoms with Crippen LogP contribution < -0.4 is 10.5 Å². The lowest BCUT2D eigenvalue weighted by atomic mass is 9.95. The fraction of sp³-hybridized carbons (Fsp3) is 0.375. The highest BCUT2D eigenvalue weighted by molar-refractivity contribution is 5.66. The molecule has 0 aliphatic heterocycles. The molecule has 1 aliphatic carbocycles. The average molecular weight is 269 g/mol. The molecule has 0 fully saturated rings. The smallest absolute Gasteiger partial charge is 0.159 e. The van der Waals surface area contributed by atoms with Gasteiger partial charge in [-0.1, -0.05) is 0 Å². The van der Waals surface area contributed by atoms with Crippen LogP contribution in [0.2, 0.25) is 0 Å². The number of methoxy groups -OCH3 is 1. The maximum Gasteiger partial charge on any atom is 0.159 e. The van der Waals surface area contributed by atoms with Gasteiger partial charge in [-0.25, -0.2) is 9.97 Å². The Kier molecular flexibility index (Phi) is 3.30. The van der Waals surface area contributed by atoms with Gasteiger partial charge in [0, 0.05) is 17.0 Å². The Morgan fingerprint density at radius 1 is 1.15 bits per heavy atom. The molecule has 0 spiro atoms. The summed E-state index contributed by atoms with van der Waals surface area (Å²) >= 11 is 0. The van der Waals surface area contributed by atoms with Crippen molar-refractivity contribution in [2.45, 2.75) is 32.6 Å². The average Bonchev–Trinajstić information content (AvgIpc) is 2.47. The van der Waals surface area contributed by atoms with Crippen molar-refractivity contribution in [1.82, 2.24) is 9.97 Å². The Morgan fingerprint density at radius 3 is 2.70 bits per heavy atom. The van der Waals surface area contributed by atoms with Crippen molar-refractivity contribution >= 4 is 5.69 Å². The number of aromatic nitrogens is 2. The SMILES string of the molecule is COc1ccc(-c2nc(C)c3c(n2)CCCC3)cc1N. The van der Waals surface area contributed by atoms with Crippen molar-refractivity contribution in [3.63, 3.8) is 0 Å². The first-order valence-corrected chi connectivity index (χ1v) is 6.99. The molecule has 2 aromatic rings. The Labute approximate surface area is 119 Å². The van der Waals surface area contributed by atoms with Crippen LogP contribution >= 0.6 is 0 Å². The summed E-state index contributed by atoms with van der Waals surface area (Å²) in [5.41, 5.74) is 11.2. The number of aryl methyl sites for hydroxylation is 2. The minimum Gasteiger partial charge on any atom is -0.495 e. The van der Waals surface area contributed by atoms with Gasteiger partial charge in [-0.05, 0) is 56.4 Å². The third kappa shape index (κ3) is 2.22. The standard InChI is InChI=1S/C16H19N3O/c1-10-12-5-3-4-6-14(12)19-16(18-10)11-7-8-15(20-2)13(17)9-11/h7-9H,3-6,17H2,1-2H3. The molecule has 0 bridgehead atoms. The second kappa shape index (κ2) is 5.12. The number of hydrogen-bond donors (Lipinski definition) is 1. The fourth-order valence-corrected chi connectivity index (χ4v) is 2.78. The number of ether oxygens (including phenoxy) is 1. The van der Waals surface area contributed by atoms with E-state index < -0.39 is 0 Å². The van der Waals surface area contributed by atoms with E-state index in [0.717, 1.165) is 29.9 Å². The van der Waals surface area contributed by atoms with Crippen molar-refractivity contribution in [3.8, 4) is 17.1 Å². The lowest BCUT2D eigenvalue weighted by Gasteiger charge is -2.17. The van der Waals surface area contributed by atoms with E-state index in [1.165, 1.54) is 24.1 Å². The number of nitrogen functional groups attached to an aromatic ring is 1. The first-order valence-electron chi connectivity index (χ1n) is 6.99. The number of rotatable bonds is 2. The summed E-state index contributed by atoms with van der Waals surface area (Å²) in [7, 11) is 1.62. The van der Waals surface area contributed by atoms with Crippen LogP contribution in [0.3, 0.4) is 0 Å². The van der Waals surface area contributed by atoms with Crippen molar-refractivity contribution in [1.29, 1.82) is 0 Å². The minimum absolute atomic E-state index is 0.615. The molecule has 0 atom stereocenters. The van der Waals surface area contributed by atoms with Crippen molar-refractivity contribution in [2.24, 2.45) is 0 Å². The summed E-state index contributed by atoms with van der Waals surface area (Å²) in [5, 5.41) is 0. The first-order chi connectivity index (χ1) is 9.69. The molecule has 0 amide bonds. The van der Waals surface area contributed by atoms with Crippen molar-refractivity contribution in [2.75, 3.05) is 12.8 Å². The number of benzene rings is 1. The summed E-state index contributed by atoms with van der Waals surface area (Å²) in [4.78, 5) is 9.38. The van der Waals surface area contributed by atoms with Crippen LogP contribution in [0, 0.1) is 6.92 Å². The van der Waals surface area contributed by atoms with Crippen LogP contribution in [0.4, 0.5) is 5.69 Å². The lowest BCUT2D eigenvalue weighted by Crippen LogP contribution is -2.10. The number of anilines is 1. The van der Waals surface area contributed by atoms with Gasteiger partial charge in [0.2, 0.25) is 0 Å². The monoisotopic (exact) mass is 269 g/mol. The molecule has 104 valence electrons. The Hall–Kier alpha value is -2.10. The van der Waals surface area contributed by atoms with E-state index in [4.69, 9.17) is 15.5 Å². The van der Waals surface area contributed by atoms with E-state index in [1.54, 1.807) is 7.11 Å². The summed E-state index contributed by atoms with van der Waals surface area (Å²) in [6.07, 6.45) is 4.61. The highest BCUT2D eigenvalue weighted by atomic mass is 16.5. The maximum atomic E-state index is 5.96. The van der Waals surface area contributed by atoms with E-state index in [1.807, 2.05) is 18.2 Å². The molecule has 1 aromatic heterocycles. The highest BCUT2D eigenvalue weighted by Gasteiger charge is 2.16. The van der Waals surface area contributed by atoms with Gasteiger partial charge in [0.25, 0.3) is 0 Å². The lowest BCUT2D eigenvalue weighted by molar-refractivity contribution is 0.417. The molecule has 1 aromatic carbocycles. The highest BCUT2D eigenvalue weighted by Crippen LogP contribution is 2.29. The van der Waals surface area contributed by atoms with Crippen molar-refractivity contribution in [3.05, 3.63) is 35.2 Å². The van der Waals surface area contributed by atoms with E-state index in [9.17, 15) is 0 Å². The maximum absolute atomic E-state index is 5.96. The van der Waals surface area contributed by atoms with Gasteiger partial charge in [0.1, 0.15) is 5.75 Å².